The maximum atomic E-state index is 6.15. The lowest BCUT2D eigenvalue weighted by Gasteiger charge is -2.39. The molecule has 1 aromatic carbocycles. The smallest absolute Gasteiger partial charge is 0.0685 e. The average Bonchev–Trinajstić information content (AvgIpc) is 2.93. The summed E-state index contributed by atoms with van der Waals surface area (Å²) in [5.41, 5.74) is 7.68. The third-order valence-corrected chi connectivity index (χ3v) is 5.28. The van der Waals surface area contributed by atoms with E-state index in [1.807, 2.05) is 0 Å². The van der Waals surface area contributed by atoms with Gasteiger partial charge in [0.15, 0.2) is 0 Å². The van der Waals surface area contributed by atoms with Crippen molar-refractivity contribution in [1.29, 1.82) is 0 Å². The number of benzene rings is 1. The summed E-state index contributed by atoms with van der Waals surface area (Å²) < 4.78 is 6.15. The van der Waals surface area contributed by atoms with E-state index in [-0.39, 0.29) is 5.60 Å². The van der Waals surface area contributed by atoms with Crippen molar-refractivity contribution in [1.82, 2.24) is 0 Å². The van der Waals surface area contributed by atoms with Crippen molar-refractivity contribution >= 4 is 0 Å². The maximum absolute atomic E-state index is 6.15. The zero-order valence-corrected chi connectivity index (χ0v) is 12.4. The highest BCUT2D eigenvalue weighted by atomic mass is 16.5. The zero-order valence-electron chi connectivity index (χ0n) is 12.4. The van der Waals surface area contributed by atoms with Gasteiger partial charge in [-0.1, -0.05) is 43.2 Å². The van der Waals surface area contributed by atoms with Crippen LogP contribution < -0.4 is 5.73 Å². The van der Waals surface area contributed by atoms with Gasteiger partial charge in [-0.3, -0.25) is 0 Å². The minimum atomic E-state index is 0.235. The van der Waals surface area contributed by atoms with Gasteiger partial charge in [0.05, 0.1) is 5.60 Å². The van der Waals surface area contributed by atoms with Gasteiger partial charge < -0.3 is 10.5 Å². The van der Waals surface area contributed by atoms with Crippen LogP contribution in [0.5, 0.6) is 0 Å². The lowest BCUT2D eigenvalue weighted by Crippen LogP contribution is -2.38. The fourth-order valence-electron chi connectivity index (χ4n) is 4.19. The molecule has 0 bridgehead atoms. The molecule has 3 rings (SSSR count). The molecule has 1 aliphatic carbocycles. The molecule has 2 fully saturated rings. The monoisotopic (exact) mass is 273 g/mol. The highest BCUT2D eigenvalue weighted by Gasteiger charge is 2.40. The van der Waals surface area contributed by atoms with Crippen LogP contribution in [0, 0.1) is 5.92 Å². The molecule has 1 heterocycles. The second-order valence-corrected chi connectivity index (χ2v) is 6.68. The van der Waals surface area contributed by atoms with E-state index in [9.17, 15) is 0 Å². The molecular weight excluding hydrogens is 246 g/mol. The average molecular weight is 273 g/mol. The highest BCUT2D eigenvalue weighted by molar-refractivity contribution is 5.20. The largest absolute Gasteiger partial charge is 0.375 e. The Labute approximate surface area is 122 Å². The second kappa shape index (κ2) is 6.28. The summed E-state index contributed by atoms with van der Waals surface area (Å²) in [4.78, 5) is 0. The first-order valence-corrected chi connectivity index (χ1v) is 8.20. The summed E-state index contributed by atoms with van der Waals surface area (Å²) in [5.74, 6) is 1.30. The van der Waals surface area contributed by atoms with Crippen LogP contribution in [0.1, 0.15) is 56.4 Å². The van der Waals surface area contributed by atoms with Gasteiger partial charge in [-0.05, 0) is 56.0 Å². The zero-order chi connectivity index (χ0) is 13.8. The van der Waals surface area contributed by atoms with Crippen molar-refractivity contribution in [3.05, 3.63) is 35.9 Å². The van der Waals surface area contributed by atoms with Crippen molar-refractivity contribution in [2.24, 2.45) is 11.7 Å². The lowest BCUT2D eigenvalue weighted by molar-refractivity contribution is -0.0944. The fourth-order valence-corrected chi connectivity index (χ4v) is 4.19. The molecular formula is C18H27NO. The molecule has 2 heteroatoms. The van der Waals surface area contributed by atoms with Gasteiger partial charge in [-0.15, -0.1) is 0 Å². The van der Waals surface area contributed by atoms with Gasteiger partial charge in [-0.2, -0.15) is 0 Å². The number of hydrogen-bond acceptors (Lipinski definition) is 2. The van der Waals surface area contributed by atoms with Crippen LogP contribution in [-0.2, 0) is 4.74 Å². The van der Waals surface area contributed by atoms with Crippen molar-refractivity contribution in [2.75, 3.05) is 13.2 Å². The van der Waals surface area contributed by atoms with Crippen LogP contribution in [-0.4, -0.2) is 18.8 Å². The quantitative estimate of drug-likeness (QED) is 0.904. The van der Waals surface area contributed by atoms with Gasteiger partial charge in [0.25, 0.3) is 0 Å². The van der Waals surface area contributed by atoms with Crippen LogP contribution in [0.2, 0.25) is 0 Å². The molecule has 1 aromatic rings. The molecule has 0 amide bonds. The van der Waals surface area contributed by atoms with Crippen molar-refractivity contribution in [2.45, 2.75) is 56.5 Å². The minimum absolute atomic E-state index is 0.235. The molecule has 2 atom stereocenters. The van der Waals surface area contributed by atoms with E-state index in [0.29, 0.717) is 5.92 Å². The van der Waals surface area contributed by atoms with Crippen LogP contribution in [0.25, 0.3) is 0 Å². The van der Waals surface area contributed by atoms with E-state index in [0.717, 1.165) is 19.1 Å². The molecule has 2 aliphatic rings. The predicted molar refractivity (Wildman–Crippen MR) is 82.7 cm³/mol. The summed E-state index contributed by atoms with van der Waals surface area (Å²) in [5, 5.41) is 0. The molecule has 1 spiro atoms. The van der Waals surface area contributed by atoms with Gasteiger partial charge >= 0.3 is 0 Å². The lowest BCUT2D eigenvalue weighted by atomic mass is 9.78. The van der Waals surface area contributed by atoms with E-state index < -0.39 is 0 Å². The third-order valence-electron chi connectivity index (χ3n) is 5.28. The molecule has 2 unspecified atom stereocenters. The van der Waals surface area contributed by atoms with Crippen molar-refractivity contribution < 1.29 is 4.74 Å². The molecule has 20 heavy (non-hydrogen) atoms. The van der Waals surface area contributed by atoms with E-state index >= 15 is 0 Å². The first-order chi connectivity index (χ1) is 9.81. The highest BCUT2D eigenvalue weighted by Crippen LogP contribution is 2.44. The summed E-state index contributed by atoms with van der Waals surface area (Å²) in [6.07, 6.45) is 8.97. The molecule has 2 N–H and O–H groups in total. The Balaban J connectivity index is 1.64. The predicted octanol–water partition coefficient (Wildman–Crippen LogP) is 3.86. The van der Waals surface area contributed by atoms with E-state index in [2.05, 4.69) is 30.3 Å². The summed E-state index contributed by atoms with van der Waals surface area (Å²) in [6, 6.07) is 10.8. The Morgan fingerprint density at radius 3 is 2.65 bits per heavy atom. The van der Waals surface area contributed by atoms with E-state index in [1.54, 1.807) is 0 Å². The molecule has 0 aromatic heterocycles. The molecule has 110 valence electrons. The molecule has 1 aliphatic heterocycles. The normalized spacial score (nSPS) is 26.8. The fraction of sp³-hybridized carbons (Fsp3) is 0.667. The third kappa shape index (κ3) is 3.07. The number of rotatable bonds is 4. The second-order valence-electron chi connectivity index (χ2n) is 6.68. The van der Waals surface area contributed by atoms with Crippen molar-refractivity contribution in [3.8, 4) is 0 Å². The summed E-state index contributed by atoms with van der Waals surface area (Å²) in [7, 11) is 0. The van der Waals surface area contributed by atoms with E-state index in [4.69, 9.17) is 10.5 Å². The summed E-state index contributed by atoms with van der Waals surface area (Å²) in [6.45, 7) is 1.71. The number of nitrogens with two attached hydrogens (primary N) is 1. The van der Waals surface area contributed by atoms with Gasteiger partial charge in [0, 0.05) is 6.61 Å². The van der Waals surface area contributed by atoms with Crippen LogP contribution in [0.3, 0.4) is 0 Å². The van der Waals surface area contributed by atoms with Crippen LogP contribution in [0.15, 0.2) is 30.3 Å². The van der Waals surface area contributed by atoms with Gasteiger partial charge in [-0.25, -0.2) is 0 Å². The summed E-state index contributed by atoms with van der Waals surface area (Å²) >= 11 is 0. The Hall–Kier alpha value is -0.860. The number of hydrogen-bond donors (Lipinski definition) is 1. The minimum Gasteiger partial charge on any atom is -0.375 e. The molecule has 0 radical (unpaired) electrons. The number of ether oxygens (including phenoxy) is 1. The topological polar surface area (TPSA) is 35.2 Å². The van der Waals surface area contributed by atoms with Crippen LogP contribution in [0.4, 0.5) is 0 Å². The molecule has 1 saturated carbocycles. The van der Waals surface area contributed by atoms with Gasteiger partial charge in [0.1, 0.15) is 0 Å². The molecule has 2 nitrogen and oxygen atoms in total. The molecule has 1 saturated heterocycles. The first-order valence-electron chi connectivity index (χ1n) is 8.20. The Morgan fingerprint density at radius 2 is 1.95 bits per heavy atom. The first kappa shape index (κ1) is 14.1. The Bertz CT molecular complexity index is 411. The maximum Gasteiger partial charge on any atom is 0.0685 e. The van der Waals surface area contributed by atoms with Crippen molar-refractivity contribution in [3.63, 3.8) is 0 Å². The van der Waals surface area contributed by atoms with Gasteiger partial charge in [0.2, 0.25) is 0 Å². The Morgan fingerprint density at radius 1 is 1.20 bits per heavy atom. The Kier molecular flexibility index (Phi) is 4.42. The SMILES string of the molecule is NCC(CC1CCOC2(CCCC2)C1)c1ccccc1. The van der Waals surface area contributed by atoms with E-state index in [1.165, 1.54) is 50.5 Å². The van der Waals surface area contributed by atoms with Crippen LogP contribution >= 0.6 is 0 Å². The standard InChI is InChI=1S/C18H27NO/c19-14-17(16-6-2-1-3-7-16)12-15-8-11-20-18(13-15)9-4-5-10-18/h1-3,6-7,15,17H,4-5,8-14,19H2.